The van der Waals surface area contributed by atoms with E-state index in [1.165, 1.54) is 18.2 Å². The van der Waals surface area contributed by atoms with Crippen LogP contribution in [0.15, 0.2) is 58.3 Å². The number of benzene rings is 1. The van der Waals surface area contributed by atoms with Crippen molar-refractivity contribution in [2.45, 2.75) is 29.7 Å². The number of aromatic nitrogens is 3. The zero-order valence-corrected chi connectivity index (χ0v) is 15.1. The first-order valence-corrected chi connectivity index (χ1v) is 9.67. The molecule has 0 bridgehead atoms. The molecule has 0 aliphatic carbocycles. The summed E-state index contributed by atoms with van der Waals surface area (Å²) in [5.41, 5.74) is 1.72. The van der Waals surface area contributed by atoms with Crippen LogP contribution in [0, 0.1) is 0 Å². The van der Waals surface area contributed by atoms with Gasteiger partial charge in [0, 0.05) is 19.3 Å². The summed E-state index contributed by atoms with van der Waals surface area (Å²) in [5.74, 6) is 0.537. The zero-order chi connectivity index (χ0) is 17.8. The predicted octanol–water partition coefficient (Wildman–Crippen LogP) is 3.91. The molecule has 134 valence electrons. The van der Waals surface area contributed by atoms with Crippen LogP contribution in [0.3, 0.4) is 0 Å². The van der Waals surface area contributed by atoms with Crippen LogP contribution in [0.2, 0.25) is 0 Å². The van der Waals surface area contributed by atoms with Crippen LogP contribution < -0.4 is 0 Å². The normalized spacial score (nSPS) is 15.8. The average Bonchev–Trinajstić information content (AvgIpc) is 3.39. The molecule has 3 aromatic rings. The number of thioether (sulfide) groups is 1. The van der Waals surface area contributed by atoms with Gasteiger partial charge in [0.05, 0.1) is 0 Å². The Morgan fingerprint density at radius 2 is 1.88 bits per heavy atom. The topological polar surface area (TPSA) is 75.0 Å². The van der Waals surface area contributed by atoms with Gasteiger partial charge in [0.1, 0.15) is 10.9 Å². The summed E-state index contributed by atoms with van der Waals surface area (Å²) in [4.78, 5) is 18.1. The van der Waals surface area contributed by atoms with Crippen molar-refractivity contribution in [1.29, 1.82) is 0 Å². The number of nitrogens with one attached hydrogen (secondary N) is 1. The number of amides is 1. The molecule has 1 saturated heterocycles. The predicted molar refractivity (Wildman–Crippen MR) is 99.6 cm³/mol. The summed E-state index contributed by atoms with van der Waals surface area (Å²) < 4.78 is 5.76. The van der Waals surface area contributed by atoms with Crippen molar-refractivity contribution in [3.63, 3.8) is 0 Å². The standard InChI is InChI=1S/C19H20N4O2S/c24-18(23-12-5-2-6-13-23)16(14-8-3-1-4-9-14)26-19-22-21-17(25-19)15-10-7-11-20-15/h1,3-4,7-11,16,20H,2,5-6,12-13H2/t16-/m1/s1. The maximum atomic E-state index is 13.1. The molecule has 0 spiro atoms. The monoisotopic (exact) mass is 368 g/mol. The molecular weight excluding hydrogens is 348 g/mol. The Bertz CT molecular complexity index is 842. The number of hydrogen-bond acceptors (Lipinski definition) is 5. The van der Waals surface area contributed by atoms with E-state index in [4.69, 9.17) is 4.42 Å². The summed E-state index contributed by atoms with van der Waals surface area (Å²) in [7, 11) is 0. The van der Waals surface area contributed by atoms with Crippen molar-refractivity contribution in [2.24, 2.45) is 0 Å². The lowest BCUT2D eigenvalue weighted by molar-refractivity contribution is -0.131. The van der Waals surface area contributed by atoms with Crippen molar-refractivity contribution in [1.82, 2.24) is 20.1 Å². The Morgan fingerprint density at radius 3 is 2.62 bits per heavy atom. The molecule has 1 atom stereocenters. The second-order valence-electron chi connectivity index (χ2n) is 6.25. The third kappa shape index (κ3) is 3.67. The van der Waals surface area contributed by atoms with Crippen LogP contribution in [-0.2, 0) is 4.79 Å². The van der Waals surface area contributed by atoms with Gasteiger partial charge in [0.2, 0.25) is 5.91 Å². The summed E-state index contributed by atoms with van der Waals surface area (Å²) in [6.07, 6.45) is 5.12. The van der Waals surface area contributed by atoms with E-state index < -0.39 is 0 Å². The number of rotatable bonds is 5. The summed E-state index contributed by atoms with van der Waals surface area (Å²) in [6, 6.07) is 13.5. The minimum atomic E-state index is -0.383. The van der Waals surface area contributed by atoms with E-state index in [0.29, 0.717) is 11.1 Å². The Hall–Kier alpha value is -2.54. The van der Waals surface area contributed by atoms with Gasteiger partial charge >= 0.3 is 0 Å². The molecule has 1 N–H and O–H groups in total. The van der Waals surface area contributed by atoms with Crippen LogP contribution in [0.1, 0.15) is 30.1 Å². The number of piperidine rings is 1. The first kappa shape index (κ1) is 16.9. The third-order valence-electron chi connectivity index (χ3n) is 4.45. The fraction of sp³-hybridized carbons (Fsp3) is 0.316. The fourth-order valence-electron chi connectivity index (χ4n) is 3.10. The molecule has 1 aliphatic rings. The van der Waals surface area contributed by atoms with Gasteiger partial charge in [0.25, 0.3) is 11.1 Å². The lowest BCUT2D eigenvalue weighted by Crippen LogP contribution is -2.38. The smallest absolute Gasteiger partial charge is 0.278 e. The van der Waals surface area contributed by atoms with Crippen molar-refractivity contribution in [2.75, 3.05) is 13.1 Å². The van der Waals surface area contributed by atoms with Gasteiger partial charge in [-0.05, 0) is 48.7 Å². The van der Waals surface area contributed by atoms with Crippen LogP contribution >= 0.6 is 11.8 Å². The fourth-order valence-corrected chi connectivity index (χ4v) is 4.06. The molecule has 0 radical (unpaired) electrons. The second kappa shape index (κ2) is 7.78. The van der Waals surface area contributed by atoms with Crippen LogP contribution in [-0.4, -0.2) is 39.1 Å². The molecule has 1 fully saturated rings. The highest BCUT2D eigenvalue weighted by molar-refractivity contribution is 8.00. The van der Waals surface area contributed by atoms with Gasteiger partial charge in [-0.1, -0.05) is 30.3 Å². The molecule has 0 saturated carbocycles. The maximum Gasteiger partial charge on any atom is 0.278 e. The molecule has 3 heterocycles. The van der Waals surface area contributed by atoms with E-state index in [2.05, 4.69) is 15.2 Å². The van der Waals surface area contributed by atoms with Gasteiger partial charge < -0.3 is 14.3 Å². The number of carbonyl (C=O) groups excluding carboxylic acids is 1. The van der Waals surface area contributed by atoms with Crippen molar-refractivity contribution < 1.29 is 9.21 Å². The highest BCUT2D eigenvalue weighted by Crippen LogP contribution is 2.37. The number of nitrogens with zero attached hydrogens (tertiary/aromatic N) is 3. The van der Waals surface area contributed by atoms with Gasteiger partial charge in [0.15, 0.2) is 0 Å². The average molecular weight is 368 g/mol. The molecule has 0 unspecified atom stereocenters. The molecule has 1 amide bonds. The third-order valence-corrected chi connectivity index (χ3v) is 5.52. The quantitative estimate of drug-likeness (QED) is 0.691. The van der Waals surface area contributed by atoms with Gasteiger partial charge in [-0.2, -0.15) is 0 Å². The van der Waals surface area contributed by atoms with E-state index in [-0.39, 0.29) is 11.2 Å². The largest absolute Gasteiger partial charge is 0.410 e. The van der Waals surface area contributed by atoms with Crippen molar-refractivity contribution in [3.8, 4) is 11.6 Å². The zero-order valence-electron chi connectivity index (χ0n) is 14.3. The molecule has 1 aromatic carbocycles. The Morgan fingerprint density at radius 1 is 1.08 bits per heavy atom. The number of carbonyl (C=O) groups is 1. The van der Waals surface area contributed by atoms with E-state index in [1.54, 1.807) is 6.20 Å². The van der Waals surface area contributed by atoms with Gasteiger partial charge in [-0.25, -0.2) is 0 Å². The molecular formula is C19H20N4O2S. The molecule has 6 nitrogen and oxygen atoms in total. The summed E-state index contributed by atoms with van der Waals surface area (Å²) in [6.45, 7) is 1.64. The number of hydrogen-bond donors (Lipinski definition) is 1. The lowest BCUT2D eigenvalue weighted by Gasteiger charge is -2.29. The van der Waals surface area contributed by atoms with E-state index >= 15 is 0 Å². The maximum absolute atomic E-state index is 13.1. The lowest BCUT2D eigenvalue weighted by atomic mass is 10.1. The number of likely N-dealkylation sites (tertiary alicyclic amines) is 1. The van der Waals surface area contributed by atoms with Gasteiger partial charge in [-0.3, -0.25) is 4.79 Å². The summed E-state index contributed by atoms with van der Waals surface area (Å²) >= 11 is 1.32. The highest BCUT2D eigenvalue weighted by atomic mass is 32.2. The van der Waals surface area contributed by atoms with E-state index in [9.17, 15) is 4.79 Å². The first-order chi connectivity index (χ1) is 12.8. The number of H-pyrrole nitrogens is 1. The van der Waals surface area contributed by atoms with E-state index in [1.807, 2.05) is 47.4 Å². The van der Waals surface area contributed by atoms with Crippen LogP contribution in [0.5, 0.6) is 0 Å². The van der Waals surface area contributed by atoms with Crippen molar-refractivity contribution in [3.05, 3.63) is 54.2 Å². The second-order valence-corrected chi connectivity index (χ2v) is 7.31. The Balaban J connectivity index is 1.58. The van der Waals surface area contributed by atoms with Crippen LogP contribution in [0.25, 0.3) is 11.6 Å². The molecule has 1 aliphatic heterocycles. The first-order valence-electron chi connectivity index (χ1n) is 8.79. The molecule has 7 heteroatoms. The van der Waals surface area contributed by atoms with E-state index in [0.717, 1.165) is 37.2 Å². The van der Waals surface area contributed by atoms with Gasteiger partial charge in [-0.15, -0.1) is 10.2 Å². The number of aromatic amines is 1. The van der Waals surface area contributed by atoms with Crippen molar-refractivity contribution >= 4 is 17.7 Å². The minimum absolute atomic E-state index is 0.112. The minimum Gasteiger partial charge on any atom is -0.410 e. The molecule has 26 heavy (non-hydrogen) atoms. The molecule has 4 rings (SSSR count). The Labute approximate surface area is 156 Å². The summed E-state index contributed by atoms with van der Waals surface area (Å²) in [5, 5.41) is 8.22. The Kier molecular flexibility index (Phi) is 5.06. The van der Waals surface area contributed by atoms with Crippen LogP contribution in [0.4, 0.5) is 0 Å². The highest BCUT2D eigenvalue weighted by Gasteiger charge is 2.29. The SMILES string of the molecule is O=C([C@H](Sc1nnc(-c2ccc[nH]2)o1)c1ccccc1)N1CCCCC1. The molecule has 2 aromatic heterocycles.